The van der Waals surface area contributed by atoms with Crippen LogP contribution < -0.4 is 10.9 Å². The first-order valence-electron chi connectivity index (χ1n) is 6.03. The highest BCUT2D eigenvalue weighted by atomic mass is 32.1. The molecule has 106 valence electrons. The van der Waals surface area contributed by atoms with E-state index in [0.29, 0.717) is 11.5 Å². The molecule has 7 nitrogen and oxygen atoms in total. The number of nitrogens with zero attached hydrogens (tertiary/aromatic N) is 3. The minimum absolute atomic E-state index is 0.136. The van der Waals surface area contributed by atoms with Crippen molar-refractivity contribution in [2.75, 3.05) is 5.32 Å². The van der Waals surface area contributed by atoms with Crippen LogP contribution in [-0.4, -0.2) is 20.6 Å². The summed E-state index contributed by atoms with van der Waals surface area (Å²) in [4.78, 5) is 28.9. The summed E-state index contributed by atoms with van der Waals surface area (Å²) in [7, 11) is 0. The van der Waals surface area contributed by atoms with Crippen LogP contribution in [0.15, 0.2) is 51.6 Å². The van der Waals surface area contributed by atoms with Crippen molar-refractivity contribution in [1.29, 1.82) is 0 Å². The van der Waals surface area contributed by atoms with Gasteiger partial charge in [0.05, 0.1) is 16.9 Å². The molecule has 3 rings (SSSR count). The Bertz CT molecular complexity index is 793. The highest BCUT2D eigenvalue weighted by Crippen LogP contribution is 2.20. The molecule has 0 radical (unpaired) electrons. The lowest BCUT2D eigenvalue weighted by Gasteiger charge is -2.05. The maximum absolute atomic E-state index is 12.0. The second-order valence-electron chi connectivity index (χ2n) is 4.15. The van der Waals surface area contributed by atoms with E-state index in [1.54, 1.807) is 0 Å². The molecule has 21 heavy (non-hydrogen) atoms. The van der Waals surface area contributed by atoms with Gasteiger partial charge in [0.15, 0.2) is 5.82 Å². The molecule has 3 aromatic rings. The van der Waals surface area contributed by atoms with Crippen LogP contribution in [-0.2, 0) is 11.3 Å². The lowest BCUT2D eigenvalue weighted by molar-refractivity contribution is -0.116. The fraction of sp³-hybridized carbons (Fsp3) is 0.0769. The molecule has 1 amide bonds. The van der Waals surface area contributed by atoms with Gasteiger partial charge in [0.1, 0.15) is 12.8 Å². The van der Waals surface area contributed by atoms with Crippen LogP contribution >= 0.6 is 11.3 Å². The van der Waals surface area contributed by atoms with Crippen LogP contribution in [0.2, 0.25) is 0 Å². The topological polar surface area (TPSA) is 90.0 Å². The predicted molar refractivity (Wildman–Crippen MR) is 76.9 cm³/mol. The van der Waals surface area contributed by atoms with E-state index in [0.717, 1.165) is 4.88 Å². The number of anilines is 1. The Morgan fingerprint density at radius 1 is 1.43 bits per heavy atom. The van der Waals surface area contributed by atoms with Gasteiger partial charge in [0.25, 0.3) is 5.56 Å². The number of thiophene rings is 1. The lowest BCUT2D eigenvalue weighted by Crippen LogP contribution is -2.27. The third-order valence-electron chi connectivity index (χ3n) is 2.67. The van der Waals surface area contributed by atoms with Gasteiger partial charge in [-0.15, -0.1) is 11.3 Å². The molecule has 0 unspecified atom stereocenters. The third-order valence-corrected chi connectivity index (χ3v) is 3.56. The molecule has 3 heterocycles. The monoisotopic (exact) mass is 302 g/mol. The first-order chi connectivity index (χ1) is 10.2. The number of rotatable bonds is 4. The van der Waals surface area contributed by atoms with E-state index in [-0.39, 0.29) is 18.0 Å². The second kappa shape index (κ2) is 5.71. The Labute approximate surface area is 122 Å². The van der Waals surface area contributed by atoms with Gasteiger partial charge < -0.3 is 9.84 Å². The molecule has 0 saturated carbocycles. The van der Waals surface area contributed by atoms with Gasteiger partial charge in [0.2, 0.25) is 5.91 Å². The molecule has 0 saturated heterocycles. The maximum atomic E-state index is 12.0. The molecule has 0 aliphatic rings. The number of carbonyl (C=O) groups is 1. The summed E-state index contributed by atoms with van der Waals surface area (Å²) in [5, 5.41) is 7.98. The van der Waals surface area contributed by atoms with E-state index in [2.05, 4.69) is 20.0 Å². The molecule has 3 aromatic heterocycles. The minimum atomic E-state index is -0.378. The summed E-state index contributed by atoms with van der Waals surface area (Å²) in [6, 6.07) is 6.70. The van der Waals surface area contributed by atoms with E-state index in [9.17, 15) is 9.59 Å². The van der Waals surface area contributed by atoms with Crippen LogP contribution in [0.1, 0.15) is 0 Å². The fourth-order valence-electron chi connectivity index (χ4n) is 1.72. The van der Waals surface area contributed by atoms with Crippen molar-refractivity contribution < 1.29 is 9.32 Å². The summed E-state index contributed by atoms with van der Waals surface area (Å²) in [6.45, 7) is -0.136. The predicted octanol–water partition coefficient (Wildman–Crippen LogP) is 1.60. The number of nitrogens with one attached hydrogen (secondary N) is 1. The molecular weight excluding hydrogens is 292 g/mol. The molecule has 0 spiro atoms. The second-order valence-corrected chi connectivity index (χ2v) is 5.10. The van der Waals surface area contributed by atoms with Crippen LogP contribution in [0, 0.1) is 0 Å². The SMILES string of the molecule is O=C(Cn1cnc(-c2cccs2)cc1=O)Nc1ccon1. The van der Waals surface area contributed by atoms with Crippen molar-refractivity contribution in [2.45, 2.75) is 6.54 Å². The van der Waals surface area contributed by atoms with Gasteiger partial charge in [-0.2, -0.15) is 0 Å². The summed E-state index contributed by atoms with van der Waals surface area (Å²) < 4.78 is 5.83. The number of hydrogen-bond acceptors (Lipinski definition) is 6. The Balaban J connectivity index is 1.74. The van der Waals surface area contributed by atoms with Crippen molar-refractivity contribution in [3.8, 4) is 10.6 Å². The van der Waals surface area contributed by atoms with Crippen LogP contribution in [0.4, 0.5) is 5.82 Å². The number of hydrogen-bond donors (Lipinski definition) is 1. The highest BCUT2D eigenvalue weighted by molar-refractivity contribution is 7.13. The zero-order chi connectivity index (χ0) is 14.7. The number of aromatic nitrogens is 3. The largest absolute Gasteiger partial charge is 0.363 e. The molecule has 0 fully saturated rings. The van der Waals surface area contributed by atoms with Gasteiger partial charge in [0, 0.05) is 12.1 Å². The third kappa shape index (κ3) is 3.06. The van der Waals surface area contributed by atoms with E-state index in [1.165, 1.54) is 40.6 Å². The van der Waals surface area contributed by atoms with E-state index >= 15 is 0 Å². The van der Waals surface area contributed by atoms with Crippen molar-refractivity contribution >= 4 is 23.1 Å². The van der Waals surface area contributed by atoms with Gasteiger partial charge in [-0.1, -0.05) is 11.2 Å². The van der Waals surface area contributed by atoms with Gasteiger partial charge in [-0.25, -0.2) is 4.98 Å². The first kappa shape index (κ1) is 13.3. The highest BCUT2D eigenvalue weighted by Gasteiger charge is 2.08. The van der Waals surface area contributed by atoms with Crippen molar-refractivity contribution in [3.63, 3.8) is 0 Å². The fourth-order valence-corrected chi connectivity index (χ4v) is 2.41. The maximum Gasteiger partial charge on any atom is 0.254 e. The summed E-state index contributed by atoms with van der Waals surface area (Å²) in [6.07, 6.45) is 2.71. The van der Waals surface area contributed by atoms with Gasteiger partial charge in [-0.05, 0) is 11.4 Å². The van der Waals surface area contributed by atoms with E-state index < -0.39 is 0 Å². The van der Waals surface area contributed by atoms with Gasteiger partial charge in [-0.3, -0.25) is 14.2 Å². The summed E-state index contributed by atoms with van der Waals surface area (Å²) in [5.41, 5.74) is 0.312. The normalized spacial score (nSPS) is 10.5. The molecule has 0 aromatic carbocycles. The lowest BCUT2D eigenvalue weighted by atomic mass is 10.3. The van der Waals surface area contributed by atoms with Crippen molar-refractivity contribution in [2.24, 2.45) is 0 Å². The quantitative estimate of drug-likeness (QED) is 0.790. The molecule has 8 heteroatoms. The summed E-state index contributed by atoms with van der Waals surface area (Å²) >= 11 is 1.50. The van der Waals surface area contributed by atoms with E-state index in [1.807, 2.05) is 17.5 Å². The minimum Gasteiger partial charge on any atom is -0.363 e. The number of carbonyl (C=O) groups excluding carboxylic acids is 1. The standard InChI is InChI=1S/C13H10N4O3S/c18-12(15-11-3-4-20-16-11)7-17-8-14-9(6-13(17)19)10-2-1-5-21-10/h1-6,8H,7H2,(H,15,16,18). The molecule has 0 bridgehead atoms. The molecular formula is C13H10N4O3S. The van der Waals surface area contributed by atoms with E-state index in [4.69, 9.17) is 0 Å². The molecule has 1 N–H and O–H groups in total. The Morgan fingerprint density at radius 3 is 3.00 bits per heavy atom. The smallest absolute Gasteiger partial charge is 0.254 e. The first-order valence-corrected chi connectivity index (χ1v) is 6.91. The zero-order valence-corrected chi connectivity index (χ0v) is 11.5. The van der Waals surface area contributed by atoms with Crippen molar-refractivity contribution in [3.05, 3.63) is 52.6 Å². The Morgan fingerprint density at radius 2 is 2.33 bits per heavy atom. The average Bonchev–Trinajstić information content (AvgIpc) is 3.13. The van der Waals surface area contributed by atoms with Crippen LogP contribution in [0.25, 0.3) is 10.6 Å². The number of amides is 1. The zero-order valence-electron chi connectivity index (χ0n) is 10.7. The van der Waals surface area contributed by atoms with Gasteiger partial charge >= 0.3 is 0 Å². The molecule has 0 aliphatic carbocycles. The summed E-state index contributed by atoms with van der Waals surface area (Å²) in [5.74, 6) is -0.0760. The van der Waals surface area contributed by atoms with Crippen LogP contribution in [0.3, 0.4) is 0 Å². The molecule has 0 atom stereocenters. The van der Waals surface area contributed by atoms with Crippen LogP contribution in [0.5, 0.6) is 0 Å². The average molecular weight is 302 g/mol. The van der Waals surface area contributed by atoms with Crippen molar-refractivity contribution in [1.82, 2.24) is 14.7 Å². The Kier molecular flexibility index (Phi) is 3.61. The molecule has 0 aliphatic heterocycles. The Hall–Kier alpha value is -2.74.